The topological polar surface area (TPSA) is 92.9 Å². The van der Waals surface area contributed by atoms with Crippen molar-refractivity contribution in [1.29, 1.82) is 0 Å². The SMILES string of the molecule is CCN(c1ccc(C(=O)O)c([N+](=O)[O-])c1)C(C)COC. The number of ether oxygens (including phenoxy) is 1. The van der Waals surface area contributed by atoms with Gasteiger partial charge in [0.1, 0.15) is 5.56 Å². The summed E-state index contributed by atoms with van der Waals surface area (Å²) in [5.41, 5.74) is -0.110. The molecule has 0 fully saturated rings. The Bertz CT molecular complexity index is 504. The number of hydrogen-bond donors (Lipinski definition) is 1. The van der Waals surface area contributed by atoms with E-state index in [9.17, 15) is 14.9 Å². The minimum atomic E-state index is -1.31. The molecule has 1 rings (SSSR count). The van der Waals surface area contributed by atoms with Crippen molar-refractivity contribution in [3.05, 3.63) is 33.9 Å². The molecule has 7 nitrogen and oxygen atoms in total. The number of carbonyl (C=O) groups is 1. The van der Waals surface area contributed by atoms with Crippen molar-refractivity contribution in [2.75, 3.05) is 25.2 Å². The summed E-state index contributed by atoms with van der Waals surface area (Å²) in [6, 6.07) is 4.16. The molecule has 1 N–H and O–H groups in total. The molecule has 1 aromatic rings. The van der Waals surface area contributed by atoms with Gasteiger partial charge in [-0.1, -0.05) is 0 Å². The largest absolute Gasteiger partial charge is 0.477 e. The molecular formula is C13H18N2O5. The molecule has 0 radical (unpaired) electrons. The predicted octanol–water partition coefficient (Wildman–Crippen LogP) is 2.15. The van der Waals surface area contributed by atoms with Crippen LogP contribution >= 0.6 is 0 Å². The van der Waals surface area contributed by atoms with Gasteiger partial charge >= 0.3 is 5.97 Å². The summed E-state index contributed by atoms with van der Waals surface area (Å²) in [6.45, 7) is 4.96. The van der Waals surface area contributed by atoms with E-state index in [4.69, 9.17) is 9.84 Å². The first kappa shape index (κ1) is 15.9. The van der Waals surface area contributed by atoms with E-state index in [1.807, 2.05) is 18.7 Å². The Morgan fingerprint density at radius 3 is 2.65 bits per heavy atom. The highest BCUT2D eigenvalue weighted by Gasteiger charge is 2.22. The lowest BCUT2D eigenvalue weighted by molar-refractivity contribution is -0.385. The van der Waals surface area contributed by atoms with Crippen LogP contribution in [-0.2, 0) is 4.74 Å². The van der Waals surface area contributed by atoms with Crippen LogP contribution in [0.5, 0.6) is 0 Å². The molecule has 1 unspecified atom stereocenters. The standard InChI is InChI=1S/C13H18N2O5/c1-4-14(9(2)8-20-3)10-5-6-11(13(16)17)12(7-10)15(18)19/h5-7,9H,4,8H2,1-3H3,(H,16,17). The number of methoxy groups -OCH3 is 1. The number of carboxylic acid groups (broad SMARTS) is 1. The zero-order valence-corrected chi connectivity index (χ0v) is 11.7. The van der Waals surface area contributed by atoms with Crippen molar-refractivity contribution >= 4 is 17.3 Å². The van der Waals surface area contributed by atoms with Crippen molar-refractivity contribution in [2.45, 2.75) is 19.9 Å². The molecule has 0 saturated heterocycles. The van der Waals surface area contributed by atoms with E-state index in [2.05, 4.69) is 0 Å². The monoisotopic (exact) mass is 282 g/mol. The maximum atomic E-state index is 11.0. The molecule has 0 spiro atoms. The zero-order valence-electron chi connectivity index (χ0n) is 11.7. The molecule has 0 aromatic heterocycles. The fourth-order valence-corrected chi connectivity index (χ4v) is 2.11. The number of hydrogen-bond acceptors (Lipinski definition) is 5. The summed E-state index contributed by atoms with van der Waals surface area (Å²) in [5.74, 6) is -1.31. The summed E-state index contributed by atoms with van der Waals surface area (Å²) < 4.78 is 5.08. The molecule has 0 amide bonds. The second kappa shape index (κ2) is 6.85. The molecule has 1 aromatic carbocycles. The summed E-state index contributed by atoms with van der Waals surface area (Å²) in [4.78, 5) is 23.2. The van der Waals surface area contributed by atoms with Gasteiger partial charge in [0.15, 0.2) is 0 Å². The Labute approximate surface area is 116 Å². The van der Waals surface area contributed by atoms with Crippen LogP contribution in [0.2, 0.25) is 0 Å². The fourth-order valence-electron chi connectivity index (χ4n) is 2.11. The summed E-state index contributed by atoms with van der Waals surface area (Å²) >= 11 is 0. The van der Waals surface area contributed by atoms with E-state index in [0.29, 0.717) is 18.8 Å². The van der Waals surface area contributed by atoms with E-state index < -0.39 is 16.6 Å². The summed E-state index contributed by atoms with van der Waals surface area (Å²) in [6.07, 6.45) is 0. The van der Waals surface area contributed by atoms with Crippen LogP contribution in [0.1, 0.15) is 24.2 Å². The van der Waals surface area contributed by atoms with Crippen LogP contribution in [0.3, 0.4) is 0 Å². The van der Waals surface area contributed by atoms with Gasteiger partial charge in [0.05, 0.1) is 11.5 Å². The lowest BCUT2D eigenvalue weighted by atomic mass is 10.1. The van der Waals surface area contributed by atoms with Gasteiger partial charge in [-0.15, -0.1) is 0 Å². The van der Waals surface area contributed by atoms with E-state index >= 15 is 0 Å². The average molecular weight is 282 g/mol. The third-order valence-electron chi connectivity index (χ3n) is 3.02. The second-order valence-electron chi connectivity index (χ2n) is 4.35. The first-order chi connectivity index (χ1) is 9.42. The quantitative estimate of drug-likeness (QED) is 0.608. The predicted molar refractivity (Wildman–Crippen MR) is 74.4 cm³/mol. The molecule has 0 aliphatic heterocycles. The first-order valence-corrected chi connectivity index (χ1v) is 6.19. The minimum absolute atomic E-state index is 0.0280. The maximum Gasteiger partial charge on any atom is 0.342 e. The summed E-state index contributed by atoms with van der Waals surface area (Å²) in [7, 11) is 1.58. The minimum Gasteiger partial charge on any atom is -0.477 e. The third-order valence-corrected chi connectivity index (χ3v) is 3.02. The van der Waals surface area contributed by atoms with Crippen molar-refractivity contribution in [1.82, 2.24) is 0 Å². The number of nitrogens with zero attached hydrogens (tertiary/aromatic N) is 2. The second-order valence-corrected chi connectivity index (χ2v) is 4.35. The van der Waals surface area contributed by atoms with Gasteiger partial charge in [0.2, 0.25) is 0 Å². The molecule has 0 saturated carbocycles. The number of carboxylic acids is 1. The van der Waals surface area contributed by atoms with Crippen LogP contribution in [0, 0.1) is 10.1 Å². The normalized spacial score (nSPS) is 11.9. The highest BCUT2D eigenvalue weighted by Crippen LogP contribution is 2.27. The van der Waals surface area contributed by atoms with E-state index in [1.54, 1.807) is 13.2 Å². The molecule has 1 atom stereocenters. The number of nitro benzene ring substituents is 1. The van der Waals surface area contributed by atoms with Crippen LogP contribution in [0.25, 0.3) is 0 Å². The average Bonchev–Trinajstić information content (AvgIpc) is 2.39. The van der Waals surface area contributed by atoms with Crippen molar-refractivity contribution in [3.8, 4) is 0 Å². The van der Waals surface area contributed by atoms with Crippen molar-refractivity contribution in [2.24, 2.45) is 0 Å². The Kier molecular flexibility index (Phi) is 5.45. The fraction of sp³-hybridized carbons (Fsp3) is 0.462. The van der Waals surface area contributed by atoms with Gasteiger partial charge in [-0.2, -0.15) is 0 Å². The van der Waals surface area contributed by atoms with Gasteiger partial charge < -0.3 is 14.7 Å². The zero-order chi connectivity index (χ0) is 15.3. The number of nitro groups is 1. The molecule has 0 bridgehead atoms. The number of rotatable bonds is 7. The Hall–Kier alpha value is -2.15. The lowest BCUT2D eigenvalue weighted by Gasteiger charge is -2.29. The van der Waals surface area contributed by atoms with Gasteiger partial charge in [-0.3, -0.25) is 10.1 Å². The van der Waals surface area contributed by atoms with Crippen LogP contribution in [0.4, 0.5) is 11.4 Å². The smallest absolute Gasteiger partial charge is 0.342 e. The Balaban J connectivity index is 3.22. The van der Waals surface area contributed by atoms with Gasteiger partial charge in [0.25, 0.3) is 5.69 Å². The Morgan fingerprint density at radius 1 is 1.55 bits per heavy atom. The van der Waals surface area contributed by atoms with E-state index in [0.717, 1.165) is 0 Å². The van der Waals surface area contributed by atoms with Crippen molar-refractivity contribution < 1.29 is 19.6 Å². The van der Waals surface area contributed by atoms with Gasteiger partial charge in [0, 0.05) is 31.5 Å². The Morgan fingerprint density at radius 2 is 2.20 bits per heavy atom. The first-order valence-electron chi connectivity index (χ1n) is 6.19. The molecule has 0 aliphatic rings. The van der Waals surface area contributed by atoms with Crippen molar-refractivity contribution in [3.63, 3.8) is 0 Å². The molecular weight excluding hydrogens is 264 g/mol. The molecule has 0 heterocycles. The van der Waals surface area contributed by atoms with Gasteiger partial charge in [-0.25, -0.2) is 4.79 Å². The van der Waals surface area contributed by atoms with E-state index in [-0.39, 0.29) is 11.6 Å². The van der Waals surface area contributed by atoms with Gasteiger partial charge in [-0.05, 0) is 26.0 Å². The third kappa shape index (κ3) is 3.45. The number of likely N-dealkylation sites (N-methyl/N-ethyl adjacent to an activating group) is 1. The molecule has 20 heavy (non-hydrogen) atoms. The molecule has 0 aliphatic carbocycles. The highest BCUT2D eigenvalue weighted by molar-refractivity contribution is 5.93. The highest BCUT2D eigenvalue weighted by atomic mass is 16.6. The summed E-state index contributed by atoms with van der Waals surface area (Å²) in [5, 5.41) is 19.9. The van der Waals surface area contributed by atoms with Crippen LogP contribution in [-0.4, -0.2) is 42.3 Å². The lowest BCUT2D eigenvalue weighted by Crippen LogP contribution is -2.36. The van der Waals surface area contributed by atoms with Crippen LogP contribution in [0.15, 0.2) is 18.2 Å². The number of aromatic carboxylic acids is 1. The van der Waals surface area contributed by atoms with Crippen LogP contribution < -0.4 is 4.90 Å². The number of benzene rings is 1. The molecule has 110 valence electrons. The maximum absolute atomic E-state index is 11.0. The number of anilines is 1. The van der Waals surface area contributed by atoms with E-state index in [1.165, 1.54) is 12.1 Å². The molecule has 7 heteroatoms.